The van der Waals surface area contributed by atoms with Crippen LogP contribution in [0, 0.1) is 5.92 Å². The third kappa shape index (κ3) is 2.47. The van der Waals surface area contributed by atoms with Crippen molar-refractivity contribution in [3.8, 4) is 0 Å². The molecule has 88 valence electrons. The van der Waals surface area contributed by atoms with Gasteiger partial charge in [-0.15, -0.1) is 0 Å². The van der Waals surface area contributed by atoms with Crippen LogP contribution in [0.3, 0.4) is 0 Å². The largest absolute Gasteiger partial charge is 0.397 e. The molecule has 1 aliphatic heterocycles. The van der Waals surface area contributed by atoms with Crippen LogP contribution >= 0.6 is 0 Å². The van der Waals surface area contributed by atoms with E-state index >= 15 is 0 Å². The molecule has 3 N–H and O–H groups in total. The van der Waals surface area contributed by atoms with Gasteiger partial charge in [-0.3, -0.25) is 0 Å². The van der Waals surface area contributed by atoms with E-state index in [1.165, 1.54) is 12.8 Å². The Bertz CT molecular complexity index is 338. The Balaban J connectivity index is 2.07. The standard InChI is InChI=1S/C13H20N2O/c14-12-5-1-2-6-13(12)15-8-3-4-11(10-15)7-9-16/h1-2,5-6,11,16H,3-4,7-10,14H2. The number of anilines is 2. The second kappa shape index (κ2) is 5.21. The highest BCUT2D eigenvalue weighted by Gasteiger charge is 2.20. The van der Waals surface area contributed by atoms with E-state index in [9.17, 15) is 0 Å². The van der Waals surface area contributed by atoms with Crippen LogP contribution in [0.25, 0.3) is 0 Å². The Morgan fingerprint density at radius 3 is 2.94 bits per heavy atom. The molecule has 1 aliphatic rings. The normalized spacial score (nSPS) is 21.1. The Morgan fingerprint density at radius 2 is 2.19 bits per heavy atom. The lowest BCUT2D eigenvalue weighted by Crippen LogP contribution is -2.36. The zero-order valence-electron chi connectivity index (χ0n) is 9.60. The van der Waals surface area contributed by atoms with Crippen LogP contribution in [0.15, 0.2) is 24.3 Å². The van der Waals surface area contributed by atoms with Gasteiger partial charge in [0.1, 0.15) is 0 Å². The topological polar surface area (TPSA) is 49.5 Å². The molecule has 1 heterocycles. The van der Waals surface area contributed by atoms with Crippen LogP contribution in [0.4, 0.5) is 11.4 Å². The van der Waals surface area contributed by atoms with Gasteiger partial charge in [-0.25, -0.2) is 0 Å². The van der Waals surface area contributed by atoms with Crippen LogP contribution in [0.5, 0.6) is 0 Å². The highest BCUT2D eigenvalue weighted by molar-refractivity contribution is 5.67. The number of rotatable bonds is 3. The molecule has 0 radical (unpaired) electrons. The van der Waals surface area contributed by atoms with Crippen LogP contribution in [0.2, 0.25) is 0 Å². The SMILES string of the molecule is Nc1ccccc1N1CCCC(CCO)C1. The van der Waals surface area contributed by atoms with Gasteiger partial charge in [0.15, 0.2) is 0 Å². The quantitative estimate of drug-likeness (QED) is 0.764. The van der Waals surface area contributed by atoms with Crippen molar-refractivity contribution < 1.29 is 5.11 Å². The Kier molecular flexibility index (Phi) is 3.67. The number of para-hydroxylation sites is 2. The smallest absolute Gasteiger partial charge is 0.0600 e. The minimum Gasteiger partial charge on any atom is -0.397 e. The number of nitrogens with zero attached hydrogens (tertiary/aromatic N) is 1. The third-order valence-corrected chi connectivity index (χ3v) is 3.33. The van der Waals surface area contributed by atoms with Gasteiger partial charge in [-0.2, -0.15) is 0 Å². The highest BCUT2D eigenvalue weighted by atomic mass is 16.3. The molecule has 1 fully saturated rings. The molecule has 3 nitrogen and oxygen atoms in total. The number of nitrogens with two attached hydrogens (primary N) is 1. The third-order valence-electron chi connectivity index (χ3n) is 3.33. The van der Waals surface area contributed by atoms with Crippen LogP contribution in [-0.4, -0.2) is 24.8 Å². The molecule has 1 saturated heterocycles. The lowest BCUT2D eigenvalue weighted by atomic mass is 9.94. The van der Waals surface area contributed by atoms with Crippen LogP contribution in [0.1, 0.15) is 19.3 Å². The second-order valence-electron chi connectivity index (χ2n) is 4.53. The van der Waals surface area contributed by atoms with Gasteiger partial charge in [0.05, 0.1) is 11.4 Å². The summed E-state index contributed by atoms with van der Waals surface area (Å²) in [4.78, 5) is 2.35. The molecule has 0 bridgehead atoms. The summed E-state index contributed by atoms with van der Waals surface area (Å²) < 4.78 is 0. The average molecular weight is 220 g/mol. The second-order valence-corrected chi connectivity index (χ2v) is 4.53. The van der Waals surface area contributed by atoms with Crippen LogP contribution < -0.4 is 10.6 Å². The minimum absolute atomic E-state index is 0.294. The van der Waals surface area contributed by atoms with Crippen molar-refractivity contribution in [2.24, 2.45) is 5.92 Å². The van der Waals surface area contributed by atoms with Gasteiger partial charge >= 0.3 is 0 Å². The van der Waals surface area contributed by atoms with Gasteiger partial charge in [-0.1, -0.05) is 12.1 Å². The first kappa shape index (κ1) is 11.3. The molecule has 0 amide bonds. The first-order chi connectivity index (χ1) is 7.81. The van der Waals surface area contributed by atoms with E-state index in [0.717, 1.165) is 30.9 Å². The molecule has 0 saturated carbocycles. The van der Waals surface area contributed by atoms with E-state index < -0.39 is 0 Å². The van der Waals surface area contributed by atoms with Gasteiger partial charge in [0, 0.05) is 19.7 Å². The summed E-state index contributed by atoms with van der Waals surface area (Å²) >= 11 is 0. The highest BCUT2D eigenvalue weighted by Crippen LogP contribution is 2.28. The molecule has 1 unspecified atom stereocenters. The van der Waals surface area contributed by atoms with Gasteiger partial charge in [0.25, 0.3) is 0 Å². The summed E-state index contributed by atoms with van der Waals surface area (Å²) in [7, 11) is 0. The Morgan fingerprint density at radius 1 is 1.38 bits per heavy atom. The maximum Gasteiger partial charge on any atom is 0.0600 e. The lowest BCUT2D eigenvalue weighted by Gasteiger charge is -2.34. The molecule has 16 heavy (non-hydrogen) atoms. The number of piperidine rings is 1. The first-order valence-electron chi connectivity index (χ1n) is 6.01. The number of benzene rings is 1. The first-order valence-corrected chi connectivity index (χ1v) is 6.01. The van der Waals surface area contributed by atoms with E-state index in [1.54, 1.807) is 0 Å². The zero-order valence-corrected chi connectivity index (χ0v) is 9.60. The predicted octanol–water partition coefficient (Wildman–Crippen LogP) is 1.87. The molecule has 1 aromatic carbocycles. The number of hydrogen-bond acceptors (Lipinski definition) is 3. The molecule has 1 atom stereocenters. The Hall–Kier alpha value is -1.22. The van der Waals surface area contributed by atoms with Crippen molar-refractivity contribution in [3.63, 3.8) is 0 Å². The molecule has 0 aliphatic carbocycles. The zero-order chi connectivity index (χ0) is 11.4. The van der Waals surface area contributed by atoms with Crippen molar-refractivity contribution in [2.45, 2.75) is 19.3 Å². The lowest BCUT2D eigenvalue weighted by molar-refractivity contribution is 0.244. The number of aliphatic hydroxyl groups excluding tert-OH is 1. The fraction of sp³-hybridized carbons (Fsp3) is 0.538. The van der Waals surface area contributed by atoms with Crippen molar-refractivity contribution in [2.75, 3.05) is 30.3 Å². The van der Waals surface area contributed by atoms with Crippen molar-refractivity contribution in [3.05, 3.63) is 24.3 Å². The number of aliphatic hydroxyl groups is 1. The van der Waals surface area contributed by atoms with Gasteiger partial charge in [-0.05, 0) is 37.3 Å². The van der Waals surface area contributed by atoms with E-state index in [0.29, 0.717) is 12.5 Å². The van der Waals surface area contributed by atoms with E-state index in [1.807, 2.05) is 18.2 Å². The minimum atomic E-state index is 0.294. The van der Waals surface area contributed by atoms with Gasteiger partial charge < -0.3 is 15.7 Å². The van der Waals surface area contributed by atoms with E-state index in [4.69, 9.17) is 10.8 Å². The maximum atomic E-state index is 8.99. The molecule has 1 aromatic rings. The fourth-order valence-corrected chi connectivity index (χ4v) is 2.48. The maximum absolute atomic E-state index is 8.99. The molecular weight excluding hydrogens is 200 g/mol. The predicted molar refractivity (Wildman–Crippen MR) is 67.5 cm³/mol. The van der Waals surface area contributed by atoms with Crippen molar-refractivity contribution in [1.29, 1.82) is 0 Å². The fourth-order valence-electron chi connectivity index (χ4n) is 2.48. The van der Waals surface area contributed by atoms with Gasteiger partial charge in [0.2, 0.25) is 0 Å². The molecule has 0 aromatic heterocycles. The van der Waals surface area contributed by atoms with Crippen molar-refractivity contribution >= 4 is 11.4 Å². The summed E-state index contributed by atoms with van der Waals surface area (Å²) in [6.07, 6.45) is 3.33. The molecule has 2 rings (SSSR count). The summed E-state index contributed by atoms with van der Waals surface area (Å²) in [5.74, 6) is 0.610. The number of nitrogen functional groups attached to an aromatic ring is 1. The van der Waals surface area contributed by atoms with Crippen molar-refractivity contribution in [1.82, 2.24) is 0 Å². The summed E-state index contributed by atoms with van der Waals surface area (Å²) in [5.41, 5.74) is 7.98. The molecular formula is C13H20N2O. The van der Waals surface area contributed by atoms with Crippen LogP contribution in [-0.2, 0) is 0 Å². The summed E-state index contributed by atoms with van der Waals surface area (Å²) in [6, 6.07) is 8.02. The summed E-state index contributed by atoms with van der Waals surface area (Å²) in [6.45, 7) is 2.40. The molecule has 0 spiro atoms. The van der Waals surface area contributed by atoms with E-state index in [2.05, 4.69) is 11.0 Å². The summed E-state index contributed by atoms with van der Waals surface area (Å²) in [5, 5.41) is 8.99. The molecule has 3 heteroatoms. The average Bonchev–Trinajstić information content (AvgIpc) is 2.30. The Labute approximate surface area is 96.9 Å². The number of hydrogen-bond donors (Lipinski definition) is 2. The monoisotopic (exact) mass is 220 g/mol. The van der Waals surface area contributed by atoms with E-state index in [-0.39, 0.29) is 0 Å².